The van der Waals surface area contributed by atoms with Crippen molar-refractivity contribution in [2.45, 2.75) is 96.4 Å². The zero-order valence-electron chi connectivity index (χ0n) is 20.9. The summed E-state index contributed by atoms with van der Waals surface area (Å²) in [6.45, 7) is 4.27. The Labute approximate surface area is 206 Å². The van der Waals surface area contributed by atoms with E-state index in [9.17, 15) is 23.1 Å². The first-order valence-corrected chi connectivity index (χ1v) is 13.8. The largest absolute Gasteiger partial charge is 0.435 e. The van der Waals surface area contributed by atoms with Crippen LogP contribution in [0.3, 0.4) is 0 Å². The molecule has 0 radical (unpaired) electrons. The molecule has 5 aliphatic carbocycles. The number of Topliss-reactive ketones (excluding diaryl/α,β-unsaturated/α-hetero) is 1. The highest BCUT2D eigenvalue weighted by atomic mass is 19.4. The molecule has 0 spiro atoms. The zero-order valence-corrected chi connectivity index (χ0v) is 20.9. The number of ketones is 1. The second-order valence-corrected chi connectivity index (χ2v) is 13.3. The predicted octanol–water partition coefficient (Wildman–Crippen LogP) is 6.13. The first-order valence-electron chi connectivity index (χ1n) is 13.8. The van der Waals surface area contributed by atoms with E-state index < -0.39 is 17.5 Å². The van der Waals surface area contributed by atoms with Gasteiger partial charge in [0.25, 0.3) is 0 Å². The molecular formula is C28H39F3N2O2. The van der Waals surface area contributed by atoms with Crippen molar-refractivity contribution < 1.29 is 23.1 Å². The van der Waals surface area contributed by atoms with E-state index in [1.165, 1.54) is 36.6 Å². The first-order chi connectivity index (χ1) is 16.5. The lowest BCUT2D eigenvalue weighted by molar-refractivity contribution is -0.142. The van der Waals surface area contributed by atoms with E-state index in [4.69, 9.17) is 0 Å². The number of aromatic nitrogens is 2. The lowest BCUT2D eigenvalue weighted by atomic mass is 9.48. The SMILES string of the molecule is C[C@@]1(O)CC[C@@H]2C3CC[C@@]4(C)[C@H]([C@@H]3CC[C@@H]2C1)[C@H](C1CC1)C[C@@H]4C(=O)Cn1ccc(C(F)(F)F)n1. The first kappa shape index (κ1) is 24.0. The van der Waals surface area contributed by atoms with E-state index in [-0.39, 0.29) is 23.7 Å². The zero-order chi connectivity index (χ0) is 24.8. The third-order valence-electron chi connectivity index (χ3n) is 11.2. The molecule has 4 nitrogen and oxygen atoms in total. The molecule has 6 rings (SSSR count). The molecular weight excluding hydrogens is 453 g/mol. The number of aliphatic hydroxyl groups is 1. The maximum Gasteiger partial charge on any atom is 0.435 e. The fourth-order valence-electron chi connectivity index (χ4n) is 9.64. The van der Waals surface area contributed by atoms with Gasteiger partial charge in [-0.1, -0.05) is 6.92 Å². The molecule has 35 heavy (non-hydrogen) atoms. The van der Waals surface area contributed by atoms with Gasteiger partial charge >= 0.3 is 6.18 Å². The number of nitrogens with zero attached hydrogens (tertiary/aromatic N) is 2. The Morgan fingerprint density at radius 2 is 1.74 bits per heavy atom. The minimum Gasteiger partial charge on any atom is -0.390 e. The minimum atomic E-state index is -4.49. The van der Waals surface area contributed by atoms with Crippen molar-refractivity contribution in [3.8, 4) is 0 Å². The monoisotopic (exact) mass is 492 g/mol. The molecule has 0 aliphatic heterocycles. The van der Waals surface area contributed by atoms with Gasteiger partial charge in [0.1, 0.15) is 0 Å². The summed E-state index contributed by atoms with van der Waals surface area (Å²) in [5.41, 5.74) is -1.50. The highest BCUT2D eigenvalue weighted by Crippen LogP contribution is 2.69. The standard InChI is InChI=1S/C28H39F3N2O2/c1-26(35)10-7-18-17(14-26)5-6-20-19(18)8-11-27(2)22(13-21(25(20)27)16-3-4-16)23(34)15-33-12-9-24(32-33)28(29,30)31/h9,12,16-22,25,35H,3-8,10-11,13-15H2,1-2H3/t17-,18+,19?,20-,21+,22-,25-,26-,27-/m1/s1. The van der Waals surface area contributed by atoms with Crippen LogP contribution < -0.4 is 0 Å². The summed E-state index contributed by atoms with van der Waals surface area (Å²) in [5, 5.41) is 14.3. The summed E-state index contributed by atoms with van der Waals surface area (Å²) in [6, 6.07) is 0.963. The van der Waals surface area contributed by atoms with Crippen LogP contribution >= 0.6 is 0 Å². The van der Waals surface area contributed by atoms with E-state index >= 15 is 0 Å². The second-order valence-electron chi connectivity index (χ2n) is 13.3. The van der Waals surface area contributed by atoms with Gasteiger partial charge in [0, 0.05) is 12.1 Å². The van der Waals surface area contributed by atoms with Gasteiger partial charge < -0.3 is 5.11 Å². The summed E-state index contributed by atoms with van der Waals surface area (Å²) in [7, 11) is 0. The van der Waals surface area contributed by atoms with Crippen LogP contribution in [-0.4, -0.2) is 26.3 Å². The molecule has 0 saturated heterocycles. The number of rotatable bonds is 4. The number of carbonyl (C=O) groups is 1. The summed E-state index contributed by atoms with van der Waals surface area (Å²) in [5.74, 6) is 4.54. The smallest absolute Gasteiger partial charge is 0.390 e. The van der Waals surface area contributed by atoms with Crippen LogP contribution in [0.15, 0.2) is 12.3 Å². The van der Waals surface area contributed by atoms with E-state index in [0.717, 1.165) is 50.5 Å². The number of carbonyl (C=O) groups excluding carboxylic acids is 1. The Bertz CT molecular complexity index is 983. The van der Waals surface area contributed by atoms with Crippen molar-refractivity contribution in [3.05, 3.63) is 18.0 Å². The van der Waals surface area contributed by atoms with Gasteiger partial charge in [-0.05, 0) is 124 Å². The average molecular weight is 493 g/mol. The van der Waals surface area contributed by atoms with Crippen LogP contribution in [0.1, 0.15) is 83.7 Å². The van der Waals surface area contributed by atoms with Crippen molar-refractivity contribution >= 4 is 5.78 Å². The fourth-order valence-corrected chi connectivity index (χ4v) is 9.64. The highest BCUT2D eigenvalue weighted by molar-refractivity contribution is 5.82. The van der Waals surface area contributed by atoms with E-state index in [0.29, 0.717) is 35.5 Å². The van der Waals surface area contributed by atoms with Gasteiger partial charge in [0.2, 0.25) is 0 Å². The maximum absolute atomic E-state index is 13.6. The van der Waals surface area contributed by atoms with Gasteiger partial charge in [-0.25, -0.2) is 0 Å². The van der Waals surface area contributed by atoms with Crippen molar-refractivity contribution in [2.24, 2.45) is 52.8 Å². The molecule has 194 valence electrons. The average Bonchev–Trinajstić information content (AvgIpc) is 3.41. The summed E-state index contributed by atoms with van der Waals surface area (Å²) in [4.78, 5) is 13.6. The normalized spacial score (nSPS) is 45.5. The molecule has 1 unspecified atom stereocenters. The molecule has 7 heteroatoms. The number of hydrogen-bond donors (Lipinski definition) is 1. The van der Waals surface area contributed by atoms with Crippen LogP contribution in [0.2, 0.25) is 0 Å². The molecule has 1 N–H and O–H groups in total. The maximum atomic E-state index is 13.6. The number of hydrogen-bond acceptors (Lipinski definition) is 3. The van der Waals surface area contributed by atoms with Crippen LogP contribution in [0.4, 0.5) is 13.2 Å². The van der Waals surface area contributed by atoms with Crippen molar-refractivity contribution in [1.82, 2.24) is 9.78 Å². The quantitative estimate of drug-likeness (QED) is 0.550. The molecule has 0 aromatic carbocycles. The molecule has 0 amide bonds. The van der Waals surface area contributed by atoms with Gasteiger partial charge in [0.15, 0.2) is 11.5 Å². The van der Waals surface area contributed by atoms with Gasteiger partial charge in [-0.2, -0.15) is 18.3 Å². The molecule has 1 aromatic heterocycles. The van der Waals surface area contributed by atoms with E-state index in [2.05, 4.69) is 12.0 Å². The Morgan fingerprint density at radius 3 is 2.43 bits per heavy atom. The van der Waals surface area contributed by atoms with E-state index in [1.807, 2.05) is 6.92 Å². The van der Waals surface area contributed by atoms with Crippen LogP contribution in [0.5, 0.6) is 0 Å². The summed E-state index contributed by atoms with van der Waals surface area (Å²) < 4.78 is 40.2. The Hall–Kier alpha value is -1.37. The number of alkyl halides is 3. The molecule has 5 saturated carbocycles. The second kappa shape index (κ2) is 8.06. The van der Waals surface area contributed by atoms with Crippen molar-refractivity contribution in [2.75, 3.05) is 0 Å². The van der Waals surface area contributed by atoms with Crippen LogP contribution in [0, 0.1) is 52.8 Å². The molecule has 0 bridgehead atoms. The topological polar surface area (TPSA) is 55.1 Å². The van der Waals surface area contributed by atoms with Gasteiger partial charge in [0.05, 0.1) is 12.1 Å². The van der Waals surface area contributed by atoms with E-state index in [1.54, 1.807) is 0 Å². The summed E-state index contributed by atoms with van der Waals surface area (Å²) in [6.07, 6.45) is 7.80. The third kappa shape index (κ3) is 4.08. The number of halogens is 3. The van der Waals surface area contributed by atoms with Gasteiger partial charge in [-0.15, -0.1) is 0 Å². The molecule has 1 aromatic rings. The van der Waals surface area contributed by atoms with Gasteiger partial charge in [-0.3, -0.25) is 9.48 Å². The third-order valence-corrected chi connectivity index (χ3v) is 11.2. The van der Waals surface area contributed by atoms with Crippen LogP contribution in [0.25, 0.3) is 0 Å². The predicted molar refractivity (Wildman–Crippen MR) is 125 cm³/mol. The molecule has 9 atom stereocenters. The molecule has 1 heterocycles. The lowest BCUT2D eigenvalue weighted by Crippen LogP contribution is -2.52. The van der Waals surface area contributed by atoms with Crippen LogP contribution in [-0.2, 0) is 17.5 Å². The Balaban J connectivity index is 1.23. The molecule has 5 fully saturated rings. The number of fused-ring (bicyclic) bond motifs is 5. The minimum absolute atomic E-state index is 0.0570. The lowest BCUT2D eigenvalue weighted by Gasteiger charge is -2.57. The van der Waals surface area contributed by atoms with Crippen molar-refractivity contribution in [1.29, 1.82) is 0 Å². The highest BCUT2D eigenvalue weighted by Gasteiger charge is 2.63. The Kier molecular flexibility index (Phi) is 5.53. The fraction of sp³-hybridized carbons (Fsp3) is 0.857. The Morgan fingerprint density at radius 1 is 1.03 bits per heavy atom. The van der Waals surface area contributed by atoms with Crippen molar-refractivity contribution in [3.63, 3.8) is 0 Å². The molecule has 5 aliphatic rings. The summed E-state index contributed by atoms with van der Waals surface area (Å²) >= 11 is 0.